The van der Waals surface area contributed by atoms with Crippen molar-refractivity contribution in [3.05, 3.63) is 34.9 Å². The number of nitrogens with one attached hydrogen (secondary N) is 1. The molecule has 4 fully saturated rings. The number of halogens is 2. The zero-order valence-electron chi connectivity index (χ0n) is 25.4. The molecule has 0 radical (unpaired) electrons. The first kappa shape index (κ1) is 28.5. The summed E-state index contributed by atoms with van der Waals surface area (Å²) in [5.41, 5.74) is 2.41. The van der Waals surface area contributed by atoms with E-state index in [0.29, 0.717) is 59.8 Å². The molecular formula is C33H35ClFN7O4. The Bertz CT molecular complexity index is 1860. The molecule has 240 valence electrons. The summed E-state index contributed by atoms with van der Waals surface area (Å²) in [7, 11) is 0. The van der Waals surface area contributed by atoms with Crippen molar-refractivity contribution in [2.24, 2.45) is 5.92 Å². The molecule has 10 rings (SSSR count). The van der Waals surface area contributed by atoms with Gasteiger partial charge in [-0.25, -0.2) is 9.18 Å². The predicted molar refractivity (Wildman–Crippen MR) is 169 cm³/mol. The topological polar surface area (TPSA) is 119 Å². The van der Waals surface area contributed by atoms with Gasteiger partial charge in [0.15, 0.2) is 5.82 Å². The molecule has 3 aromatic heterocycles. The Balaban J connectivity index is 1.22. The molecule has 1 N–H and O–H groups in total. The number of carbonyl (C=O) groups is 1. The van der Waals surface area contributed by atoms with Gasteiger partial charge < -0.3 is 19.1 Å². The SMILES string of the molecule is O=C1OCCC2CC2c2c(Cl)cc3[nH]ncc3c2-c2ncc3c(nc(OCC45CCCN4CCC5)nc3c2F)N2CCCC(C2)O1. The van der Waals surface area contributed by atoms with E-state index in [1.165, 1.54) is 0 Å². The number of carbonyl (C=O) groups excluding carboxylic acids is 1. The van der Waals surface area contributed by atoms with Gasteiger partial charge in [0.05, 0.1) is 35.8 Å². The van der Waals surface area contributed by atoms with Crippen molar-refractivity contribution in [1.82, 2.24) is 30.0 Å². The van der Waals surface area contributed by atoms with Gasteiger partial charge in [0, 0.05) is 28.7 Å². The summed E-state index contributed by atoms with van der Waals surface area (Å²) in [6.07, 6.45) is 9.65. The van der Waals surface area contributed by atoms with Crippen LogP contribution in [0.2, 0.25) is 5.02 Å². The van der Waals surface area contributed by atoms with Gasteiger partial charge in [-0.2, -0.15) is 15.1 Å². The Kier molecular flexibility index (Phi) is 6.74. The third kappa shape index (κ3) is 4.66. The maximum Gasteiger partial charge on any atom is 0.508 e. The minimum atomic E-state index is -0.669. The number of fused-ring (bicyclic) bond motifs is 7. The molecule has 4 aromatic rings. The van der Waals surface area contributed by atoms with Crippen molar-refractivity contribution >= 4 is 45.4 Å². The first-order chi connectivity index (χ1) is 22.5. The lowest BCUT2D eigenvalue weighted by Gasteiger charge is -2.34. The van der Waals surface area contributed by atoms with Crippen LogP contribution in [0.3, 0.4) is 0 Å². The summed E-state index contributed by atoms with van der Waals surface area (Å²) in [4.78, 5) is 31.6. The van der Waals surface area contributed by atoms with Crippen LogP contribution in [-0.4, -0.2) is 87.2 Å². The maximum atomic E-state index is 17.1. The van der Waals surface area contributed by atoms with E-state index >= 15 is 4.39 Å². The Morgan fingerprint density at radius 2 is 1.98 bits per heavy atom. The summed E-state index contributed by atoms with van der Waals surface area (Å²) in [6.45, 7) is 3.87. The molecule has 0 amide bonds. The number of aromatic amines is 1. The van der Waals surface area contributed by atoms with E-state index in [4.69, 9.17) is 40.8 Å². The van der Waals surface area contributed by atoms with Crippen LogP contribution in [0.4, 0.5) is 15.0 Å². The summed E-state index contributed by atoms with van der Waals surface area (Å²) in [5, 5.41) is 8.96. The van der Waals surface area contributed by atoms with E-state index in [2.05, 4.69) is 15.1 Å². The third-order valence-electron chi connectivity index (χ3n) is 10.8. The average molecular weight is 648 g/mol. The molecule has 0 spiro atoms. The van der Waals surface area contributed by atoms with Gasteiger partial charge in [0.25, 0.3) is 0 Å². The van der Waals surface area contributed by atoms with Crippen molar-refractivity contribution in [3.8, 4) is 17.3 Å². The molecule has 1 aromatic carbocycles. The molecule has 6 bridgehead atoms. The predicted octanol–water partition coefficient (Wildman–Crippen LogP) is 6.00. The zero-order chi connectivity index (χ0) is 31.0. The maximum absolute atomic E-state index is 17.1. The van der Waals surface area contributed by atoms with Crippen LogP contribution < -0.4 is 9.64 Å². The van der Waals surface area contributed by atoms with Gasteiger partial charge >= 0.3 is 12.2 Å². The molecule has 3 unspecified atom stereocenters. The highest BCUT2D eigenvalue weighted by Crippen LogP contribution is 2.56. The van der Waals surface area contributed by atoms with Crippen molar-refractivity contribution in [1.29, 1.82) is 0 Å². The minimum absolute atomic E-state index is 0.0273. The molecule has 46 heavy (non-hydrogen) atoms. The van der Waals surface area contributed by atoms with Crippen LogP contribution in [0.15, 0.2) is 18.5 Å². The van der Waals surface area contributed by atoms with Gasteiger partial charge in [-0.3, -0.25) is 15.0 Å². The molecule has 6 aliphatic rings. The van der Waals surface area contributed by atoms with Crippen LogP contribution in [0.25, 0.3) is 33.1 Å². The Labute approximate surface area is 269 Å². The van der Waals surface area contributed by atoms with E-state index in [1.54, 1.807) is 12.4 Å². The molecule has 1 aliphatic carbocycles. The number of hydrogen-bond acceptors (Lipinski definition) is 10. The molecule has 8 heterocycles. The lowest BCUT2D eigenvalue weighted by molar-refractivity contribution is 0.0178. The van der Waals surface area contributed by atoms with Crippen LogP contribution in [-0.2, 0) is 9.47 Å². The van der Waals surface area contributed by atoms with Gasteiger partial charge in [0.2, 0.25) is 0 Å². The van der Waals surface area contributed by atoms with Crippen LogP contribution in [0.5, 0.6) is 6.01 Å². The average Bonchev–Trinajstić information content (AvgIpc) is 3.32. The highest BCUT2D eigenvalue weighted by atomic mass is 35.5. The highest BCUT2D eigenvalue weighted by Gasteiger charge is 2.45. The lowest BCUT2D eigenvalue weighted by atomic mass is 9.94. The Morgan fingerprint density at radius 1 is 1.11 bits per heavy atom. The molecule has 11 nitrogen and oxygen atoms in total. The monoisotopic (exact) mass is 647 g/mol. The first-order valence-corrected chi connectivity index (χ1v) is 16.8. The second-order valence-corrected chi connectivity index (χ2v) is 13.9. The number of anilines is 1. The quantitative estimate of drug-likeness (QED) is 0.265. The van der Waals surface area contributed by atoms with Crippen LogP contribution >= 0.6 is 11.6 Å². The molecular weight excluding hydrogens is 613 g/mol. The number of H-pyrrole nitrogens is 1. The summed E-state index contributed by atoms with van der Waals surface area (Å²) in [6, 6.07) is 1.97. The van der Waals surface area contributed by atoms with Gasteiger partial charge in [-0.1, -0.05) is 11.6 Å². The largest absolute Gasteiger partial charge is 0.508 e. The number of rotatable bonds is 3. The van der Waals surface area contributed by atoms with Crippen LogP contribution in [0, 0.1) is 11.7 Å². The number of hydrogen-bond donors (Lipinski definition) is 1. The fourth-order valence-corrected chi connectivity index (χ4v) is 8.81. The van der Waals surface area contributed by atoms with Crippen molar-refractivity contribution in [3.63, 3.8) is 0 Å². The summed E-state index contributed by atoms with van der Waals surface area (Å²) in [5.74, 6) is 0.234. The normalized spacial score (nSPS) is 25.7. The summed E-state index contributed by atoms with van der Waals surface area (Å²) < 4.78 is 34.8. The fourth-order valence-electron chi connectivity index (χ4n) is 8.46. The molecule has 13 heteroatoms. The molecule has 1 saturated carbocycles. The Hall–Kier alpha value is -3.77. The summed E-state index contributed by atoms with van der Waals surface area (Å²) >= 11 is 6.92. The minimum Gasteiger partial charge on any atom is -0.461 e. The number of nitrogens with zero attached hydrogens (tertiary/aromatic N) is 6. The number of ether oxygens (including phenoxy) is 3. The Morgan fingerprint density at radius 3 is 2.85 bits per heavy atom. The number of benzene rings is 1. The van der Waals surface area contributed by atoms with E-state index in [9.17, 15) is 4.79 Å². The first-order valence-electron chi connectivity index (χ1n) is 16.5. The second kappa shape index (κ2) is 10.9. The van der Waals surface area contributed by atoms with Crippen molar-refractivity contribution < 1.29 is 23.4 Å². The number of aromatic nitrogens is 5. The molecule has 5 aliphatic heterocycles. The van der Waals surface area contributed by atoms with Crippen molar-refractivity contribution in [2.45, 2.75) is 68.9 Å². The smallest absolute Gasteiger partial charge is 0.461 e. The van der Waals surface area contributed by atoms with Crippen LogP contribution in [0.1, 0.15) is 62.8 Å². The number of piperidine rings is 1. The fraction of sp³-hybridized carbons (Fsp3) is 0.545. The van der Waals surface area contributed by atoms with E-state index in [0.717, 1.165) is 62.6 Å². The highest BCUT2D eigenvalue weighted by molar-refractivity contribution is 6.33. The zero-order valence-corrected chi connectivity index (χ0v) is 26.2. The van der Waals surface area contributed by atoms with Gasteiger partial charge in [-0.05, 0) is 87.9 Å². The van der Waals surface area contributed by atoms with Gasteiger partial charge in [0.1, 0.15) is 29.7 Å². The standard InChI is InChI=1S/C33H35ClFN7O4/c34-23-13-24-21(15-37-40-24)26-25(23)20-12-18(20)5-11-44-32(43)46-19-4-1-8-41(16-19)30-22-14-36-29(26)27(35)28(22)38-31(39-30)45-17-33-6-2-9-42(33)10-3-7-33/h13-15,18-20H,1-12,16-17H2,(H,37,40). The van der Waals surface area contributed by atoms with E-state index < -0.39 is 12.0 Å². The molecule has 3 saturated heterocycles. The lowest BCUT2D eigenvalue weighted by Crippen LogP contribution is -2.43. The van der Waals surface area contributed by atoms with Gasteiger partial charge in [-0.15, -0.1) is 0 Å². The molecule has 3 atom stereocenters. The van der Waals surface area contributed by atoms with Crippen molar-refractivity contribution in [2.75, 3.05) is 44.3 Å². The van der Waals surface area contributed by atoms with E-state index in [-0.39, 0.29) is 47.3 Å². The third-order valence-corrected chi connectivity index (χ3v) is 11.2. The van der Waals surface area contributed by atoms with E-state index in [1.807, 2.05) is 11.0 Å². The second-order valence-electron chi connectivity index (χ2n) is 13.5. The number of pyridine rings is 1.